The van der Waals surface area contributed by atoms with E-state index in [0.717, 1.165) is 6.42 Å². The molecule has 19 heavy (non-hydrogen) atoms. The molecule has 0 aromatic carbocycles. The number of aliphatic hydroxyl groups excluding tert-OH is 1. The van der Waals surface area contributed by atoms with Gasteiger partial charge in [-0.25, -0.2) is 4.79 Å². The molecule has 1 aliphatic rings. The summed E-state index contributed by atoms with van der Waals surface area (Å²) < 4.78 is 5.17. The lowest BCUT2D eigenvalue weighted by molar-refractivity contribution is -0.149. The third kappa shape index (κ3) is 4.78. The summed E-state index contributed by atoms with van der Waals surface area (Å²) in [6, 6.07) is 0. The van der Waals surface area contributed by atoms with E-state index in [0.29, 0.717) is 18.8 Å². The Morgan fingerprint density at radius 2 is 2.21 bits per heavy atom. The highest BCUT2D eigenvalue weighted by molar-refractivity contribution is 5.77. The van der Waals surface area contributed by atoms with Crippen LogP contribution < -0.4 is 0 Å². The number of allylic oxidation sites excluding steroid dienone is 1. The van der Waals surface area contributed by atoms with Gasteiger partial charge >= 0.3 is 5.97 Å². The molecule has 0 spiro atoms. The molecular formula is C15H24O4. The molecule has 0 bridgehead atoms. The Labute approximate surface area is 114 Å². The highest BCUT2D eigenvalue weighted by Crippen LogP contribution is 2.29. The van der Waals surface area contributed by atoms with Gasteiger partial charge in [0.25, 0.3) is 0 Å². The second-order valence-corrected chi connectivity index (χ2v) is 5.96. The number of esters is 1. The van der Waals surface area contributed by atoms with Gasteiger partial charge < -0.3 is 14.6 Å². The molecule has 4 heteroatoms. The predicted octanol–water partition coefficient (Wildman–Crippen LogP) is 2.25. The largest absolute Gasteiger partial charge is 0.453 e. The summed E-state index contributed by atoms with van der Waals surface area (Å²) in [6.07, 6.45) is 4.50. The Kier molecular flexibility index (Phi) is 5.29. The summed E-state index contributed by atoms with van der Waals surface area (Å²) in [4.78, 5) is 22.3. The molecule has 4 nitrogen and oxygen atoms in total. The van der Waals surface area contributed by atoms with Gasteiger partial charge in [0.1, 0.15) is 11.4 Å². The Bertz CT molecular complexity index is 372. The van der Waals surface area contributed by atoms with E-state index in [1.54, 1.807) is 13.8 Å². The first kappa shape index (κ1) is 15.9. The van der Waals surface area contributed by atoms with Crippen molar-refractivity contribution in [1.82, 2.24) is 0 Å². The van der Waals surface area contributed by atoms with Crippen LogP contribution in [0.2, 0.25) is 0 Å². The van der Waals surface area contributed by atoms with Crippen molar-refractivity contribution in [2.45, 2.75) is 58.7 Å². The molecule has 1 heterocycles. The fraction of sp³-hybridized carbons (Fsp3) is 0.733. The van der Waals surface area contributed by atoms with Crippen LogP contribution in [0.5, 0.6) is 0 Å². The van der Waals surface area contributed by atoms with Gasteiger partial charge in [-0.05, 0) is 38.2 Å². The monoisotopic (exact) mass is 268 g/mol. The minimum atomic E-state index is -1.02. The van der Waals surface area contributed by atoms with Crippen LogP contribution in [0.1, 0.15) is 47.0 Å². The third-order valence-corrected chi connectivity index (χ3v) is 3.59. The van der Waals surface area contributed by atoms with Gasteiger partial charge in [-0.2, -0.15) is 0 Å². The first-order valence-electron chi connectivity index (χ1n) is 6.83. The van der Waals surface area contributed by atoms with Gasteiger partial charge in [0, 0.05) is 12.8 Å². The lowest BCUT2D eigenvalue weighted by Crippen LogP contribution is -2.21. The number of cyclic esters (lactones) is 1. The van der Waals surface area contributed by atoms with E-state index < -0.39 is 17.7 Å². The van der Waals surface area contributed by atoms with Crippen molar-refractivity contribution in [3.8, 4) is 0 Å². The molecule has 1 saturated heterocycles. The summed E-state index contributed by atoms with van der Waals surface area (Å²) in [5, 5.41) is 9.43. The number of carbonyl (C=O) groups excluding carboxylic acids is 2. The summed E-state index contributed by atoms with van der Waals surface area (Å²) in [7, 11) is 0. The minimum absolute atomic E-state index is 0.188. The lowest BCUT2D eigenvalue weighted by atomic mass is 9.88. The van der Waals surface area contributed by atoms with Crippen molar-refractivity contribution in [2.24, 2.45) is 11.8 Å². The number of aliphatic hydroxyl groups is 1. The zero-order valence-electron chi connectivity index (χ0n) is 12.2. The SMILES string of the molecule is CC(=O)CCC(C=CC1(C)CC(O)C(=O)O1)C(C)C. The summed E-state index contributed by atoms with van der Waals surface area (Å²) in [5.74, 6) is 0.323. The van der Waals surface area contributed by atoms with Crippen LogP contribution in [0.3, 0.4) is 0 Å². The topological polar surface area (TPSA) is 63.6 Å². The van der Waals surface area contributed by atoms with Crippen LogP contribution >= 0.6 is 0 Å². The molecular weight excluding hydrogens is 244 g/mol. The van der Waals surface area contributed by atoms with E-state index in [2.05, 4.69) is 13.8 Å². The Hall–Kier alpha value is -1.16. The van der Waals surface area contributed by atoms with E-state index in [1.165, 1.54) is 0 Å². The second kappa shape index (κ2) is 6.33. The normalized spacial score (nSPS) is 28.9. The fourth-order valence-electron chi connectivity index (χ4n) is 2.26. The molecule has 0 aromatic heterocycles. The molecule has 0 aliphatic carbocycles. The molecule has 108 valence electrons. The molecule has 1 rings (SSSR count). The molecule has 0 amide bonds. The number of hydrogen-bond acceptors (Lipinski definition) is 4. The Morgan fingerprint density at radius 3 is 2.63 bits per heavy atom. The van der Waals surface area contributed by atoms with Gasteiger partial charge in [0.15, 0.2) is 6.10 Å². The molecule has 3 atom stereocenters. The van der Waals surface area contributed by atoms with Crippen molar-refractivity contribution < 1.29 is 19.4 Å². The van der Waals surface area contributed by atoms with Crippen LogP contribution in [0.25, 0.3) is 0 Å². The van der Waals surface area contributed by atoms with Crippen molar-refractivity contribution in [3.05, 3.63) is 12.2 Å². The first-order valence-corrected chi connectivity index (χ1v) is 6.83. The Morgan fingerprint density at radius 1 is 1.58 bits per heavy atom. The molecule has 0 saturated carbocycles. The van der Waals surface area contributed by atoms with Crippen LogP contribution in [-0.4, -0.2) is 28.6 Å². The van der Waals surface area contributed by atoms with Crippen LogP contribution in [0.15, 0.2) is 12.2 Å². The standard InChI is InChI=1S/C15H24O4/c1-10(2)12(6-5-11(3)16)7-8-15(4)9-13(17)14(18)19-15/h7-8,10,12-13,17H,5-6,9H2,1-4H3. The van der Waals surface area contributed by atoms with E-state index in [-0.39, 0.29) is 11.7 Å². The van der Waals surface area contributed by atoms with Gasteiger partial charge in [0.2, 0.25) is 0 Å². The van der Waals surface area contributed by atoms with Crippen molar-refractivity contribution in [2.75, 3.05) is 0 Å². The van der Waals surface area contributed by atoms with E-state index in [1.807, 2.05) is 12.2 Å². The molecule has 0 aromatic rings. The summed E-state index contributed by atoms with van der Waals surface area (Å²) in [5.41, 5.74) is -0.722. The molecule has 1 N–H and O–H groups in total. The minimum Gasteiger partial charge on any atom is -0.453 e. The van der Waals surface area contributed by atoms with Gasteiger partial charge in [-0.3, -0.25) is 0 Å². The predicted molar refractivity (Wildman–Crippen MR) is 72.5 cm³/mol. The molecule has 0 radical (unpaired) electrons. The van der Waals surface area contributed by atoms with Crippen LogP contribution in [0.4, 0.5) is 0 Å². The zero-order valence-corrected chi connectivity index (χ0v) is 12.2. The van der Waals surface area contributed by atoms with Crippen LogP contribution in [0, 0.1) is 11.8 Å². The smallest absolute Gasteiger partial charge is 0.335 e. The highest BCUT2D eigenvalue weighted by atomic mass is 16.6. The quantitative estimate of drug-likeness (QED) is 0.593. The molecule has 1 aliphatic heterocycles. The maximum absolute atomic E-state index is 11.2. The third-order valence-electron chi connectivity index (χ3n) is 3.59. The van der Waals surface area contributed by atoms with Crippen LogP contribution in [-0.2, 0) is 14.3 Å². The summed E-state index contributed by atoms with van der Waals surface area (Å²) >= 11 is 0. The molecule has 1 fully saturated rings. The van der Waals surface area contributed by atoms with Crippen molar-refractivity contribution >= 4 is 11.8 Å². The maximum atomic E-state index is 11.2. The van der Waals surface area contributed by atoms with E-state index in [4.69, 9.17) is 4.74 Å². The molecule has 3 unspecified atom stereocenters. The number of rotatable bonds is 6. The number of ether oxygens (including phenoxy) is 1. The highest BCUT2D eigenvalue weighted by Gasteiger charge is 2.40. The number of carbonyl (C=O) groups is 2. The van der Waals surface area contributed by atoms with Gasteiger partial charge in [0.05, 0.1) is 0 Å². The fourth-order valence-corrected chi connectivity index (χ4v) is 2.26. The maximum Gasteiger partial charge on any atom is 0.335 e. The average molecular weight is 268 g/mol. The van der Waals surface area contributed by atoms with E-state index in [9.17, 15) is 14.7 Å². The van der Waals surface area contributed by atoms with Crippen molar-refractivity contribution in [1.29, 1.82) is 0 Å². The number of ketones is 1. The Balaban J connectivity index is 2.65. The second-order valence-electron chi connectivity index (χ2n) is 5.96. The average Bonchev–Trinajstić information content (AvgIpc) is 2.52. The summed E-state index contributed by atoms with van der Waals surface area (Å²) in [6.45, 7) is 7.59. The first-order chi connectivity index (χ1) is 8.73. The lowest BCUT2D eigenvalue weighted by Gasteiger charge is -2.21. The van der Waals surface area contributed by atoms with Gasteiger partial charge in [-0.1, -0.05) is 19.9 Å². The number of Topliss-reactive ketones (excluding diaryl/α,β-unsaturated/α-hetero) is 1. The van der Waals surface area contributed by atoms with E-state index >= 15 is 0 Å². The van der Waals surface area contributed by atoms with Crippen molar-refractivity contribution in [3.63, 3.8) is 0 Å². The number of hydrogen-bond donors (Lipinski definition) is 1. The zero-order chi connectivity index (χ0) is 14.6. The van der Waals surface area contributed by atoms with Gasteiger partial charge in [-0.15, -0.1) is 0 Å².